The summed E-state index contributed by atoms with van der Waals surface area (Å²) in [5.74, 6) is 0.569. The summed E-state index contributed by atoms with van der Waals surface area (Å²) < 4.78 is 12.5. The number of hydrogen-bond donors (Lipinski definition) is 2. The van der Waals surface area contributed by atoms with E-state index in [1.165, 1.54) is 7.11 Å². The smallest absolute Gasteiger partial charge is 0.250 e. The number of rotatable bonds is 8. The van der Waals surface area contributed by atoms with Crippen molar-refractivity contribution in [2.24, 2.45) is 0 Å². The van der Waals surface area contributed by atoms with Gasteiger partial charge in [0.2, 0.25) is 5.91 Å². The number of methoxy groups -OCH3 is 2. The van der Waals surface area contributed by atoms with Crippen LogP contribution < -0.4 is 20.3 Å². The largest absolute Gasteiger partial charge is 0.497 e. The van der Waals surface area contributed by atoms with Crippen molar-refractivity contribution >= 4 is 34.6 Å². The molecule has 2 aromatic carbocycles. The molecule has 3 heterocycles. The van der Waals surface area contributed by atoms with E-state index >= 15 is 0 Å². The number of pyridine rings is 1. The predicted molar refractivity (Wildman–Crippen MR) is 147 cm³/mol. The first-order valence-corrected chi connectivity index (χ1v) is 12.2. The maximum absolute atomic E-state index is 11.9. The van der Waals surface area contributed by atoms with Crippen LogP contribution in [0.1, 0.15) is 23.5 Å². The van der Waals surface area contributed by atoms with Gasteiger partial charge in [-0.05, 0) is 72.9 Å². The van der Waals surface area contributed by atoms with E-state index < -0.39 is 0 Å². The van der Waals surface area contributed by atoms with Gasteiger partial charge in [0, 0.05) is 48.3 Å². The first kappa shape index (κ1) is 24.5. The lowest BCUT2D eigenvalue weighted by atomic mass is 10.0. The molecule has 0 aliphatic carbocycles. The van der Waals surface area contributed by atoms with Gasteiger partial charge in [0.05, 0.1) is 18.8 Å². The Bertz CT molecular complexity index is 1390. The van der Waals surface area contributed by atoms with Gasteiger partial charge in [0.1, 0.15) is 18.4 Å². The molecule has 2 atom stereocenters. The van der Waals surface area contributed by atoms with Crippen LogP contribution in [0.3, 0.4) is 0 Å². The number of amides is 1. The second-order valence-corrected chi connectivity index (χ2v) is 8.92. The van der Waals surface area contributed by atoms with Crippen molar-refractivity contribution in [2.45, 2.75) is 12.1 Å². The standard InChI is InChI=1S/C28H27N5O3S/c1-35-18-25(34)30-19-11-13-20(14-12-19)33-27(26(31-28(33)37)23-9-3-4-15-29-23)24-10-6-16-32(24)21-7-5-8-22(17-21)36-2/h3-17,26-27H,18H2,1-2H3,(H,30,34)(H,31,37)/t26-,27+/m1/s1. The summed E-state index contributed by atoms with van der Waals surface area (Å²) in [6.07, 6.45) is 3.83. The van der Waals surface area contributed by atoms with Crippen LogP contribution in [-0.4, -0.2) is 41.4 Å². The van der Waals surface area contributed by atoms with E-state index in [4.69, 9.17) is 21.7 Å². The van der Waals surface area contributed by atoms with Crippen molar-refractivity contribution in [3.63, 3.8) is 0 Å². The number of hydrogen-bond acceptors (Lipinski definition) is 5. The molecule has 2 aromatic heterocycles. The summed E-state index contributed by atoms with van der Waals surface area (Å²) in [5.41, 5.74) is 4.48. The fraction of sp³-hybridized carbons (Fsp3) is 0.179. The van der Waals surface area contributed by atoms with Crippen molar-refractivity contribution in [3.8, 4) is 11.4 Å². The number of ether oxygens (including phenoxy) is 2. The maximum Gasteiger partial charge on any atom is 0.250 e. The minimum Gasteiger partial charge on any atom is -0.497 e. The molecule has 5 rings (SSSR count). The monoisotopic (exact) mass is 513 g/mol. The zero-order valence-electron chi connectivity index (χ0n) is 20.5. The molecular weight excluding hydrogens is 486 g/mol. The highest BCUT2D eigenvalue weighted by molar-refractivity contribution is 7.80. The van der Waals surface area contributed by atoms with Crippen molar-refractivity contribution in [3.05, 3.63) is 103 Å². The highest BCUT2D eigenvalue weighted by atomic mass is 32.1. The Morgan fingerprint density at radius 2 is 1.86 bits per heavy atom. The predicted octanol–water partition coefficient (Wildman–Crippen LogP) is 4.64. The van der Waals surface area contributed by atoms with Crippen LogP contribution in [-0.2, 0) is 9.53 Å². The molecule has 0 bridgehead atoms. The van der Waals surface area contributed by atoms with E-state index in [0.29, 0.717) is 10.8 Å². The van der Waals surface area contributed by atoms with Crippen molar-refractivity contribution in [2.75, 3.05) is 31.0 Å². The van der Waals surface area contributed by atoms with Crippen molar-refractivity contribution < 1.29 is 14.3 Å². The molecule has 1 saturated heterocycles. The normalized spacial score (nSPS) is 16.9. The Morgan fingerprint density at radius 1 is 1.03 bits per heavy atom. The number of aromatic nitrogens is 2. The second-order valence-electron chi connectivity index (χ2n) is 8.53. The summed E-state index contributed by atoms with van der Waals surface area (Å²) in [7, 11) is 3.15. The molecule has 0 saturated carbocycles. The van der Waals surface area contributed by atoms with Gasteiger partial charge >= 0.3 is 0 Å². The Labute approximate surface area is 220 Å². The van der Waals surface area contributed by atoms with Gasteiger partial charge < -0.3 is 29.6 Å². The number of benzene rings is 2. The van der Waals surface area contributed by atoms with Gasteiger partial charge in [-0.1, -0.05) is 12.1 Å². The van der Waals surface area contributed by atoms with E-state index in [-0.39, 0.29) is 24.6 Å². The van der Waals surface area contributed by atoms with Crippen LogP contribution in [0, 0.1) is 0 Å². The molecule has 0 spiro atoms. The summed E-state index contributed by atoms with van der Waals surface area (Å²) >= 11 is 5.86. The van der Waals surface area contributed by atoms with Crippen molar-refractivity contribution in [1.29, 1.82) is 0 Å². The van der Waals surface area contributed by atoms with Gasteiger partial charge in [0.25, 0.3) is 0 Å². The molecule has 1 fully saturated rings. The van der Waals surface area contributed by atoms with Crippen LogP contribution in [0.2, 0.25) is 0 Å². The minimum absolute atomic E-state index is 0.00300. The fourth-order valence-corrected chi connectivity index (χ4v) is 4.94. The van der Waals surface area contributed by atoms with Crippen LogP contribution in [0.25, 0.3) is 5.69 Å². The number of carbonyl (C=O) groups excluding carboxylic acids is 1. The van der Waals surface area contributed by atoms with Gasteiger partial charge in [0.15, 0.2) is 5.11 Å². The molecular formula is C28H27N5O3S. The summed E-state index contributed by atoms with van der Waals surface area (Å²) in [4.78, 5) is 18.7. The van der Waals surface area contributed by atoms with Crippen LogP contribution in [0.4, 0.5) is 11.4 Å². The van der Waals surface area contributed by atoms with Crippen LogP contribution in [0.15, 0.2) is 91.3 Å². The molecule has 8 nitrogen and oxygen atoms in total. The number of nitrogens with zero attached hydrogens (tertiary/aromatic N) is 3. The quantitative estimate of drug-likeness (QED) is 0.332. The molecule has 0 radical (unpaired) electrons. The molecule has 9 heteroatoms. The second kappa shape index (κ2) is 10.8. The Hall–Kier alpha value is -4.21. The topological polar surface area (TPSA) is 80.7 Å². The summed E-state index contributed by atoms with van der Waals surface area (Å²) in [6.45, 7) is -0.00300. The molecule has 37 heavy (non-hydrogen) atoms. The lowest BCUT2D eigenvalue weighted by Crippen LogP contribution is -2.30. The Morgan fingerprint density at radius 3 is 2.59 bits per heavy atom. The number of thiocarbonyl (C=S) groups is 1. The van der Waals surface area contributed by atoms with Gasteiger partial charge in [-0.15, -0.1) is 0 Å². The zero-order chi connectivity index (χ0) is 25.8. The Kier molecular flexibility index (Phi) is 7.16. The average Bonchev–Trinajstić information content (AvgIpc) is 3.54. The first-order chi connectivity index (χ1) is 18.1. The van der Waals surface area contributed by atoms with E-state index in [0.717, 1.165) is 28.5 Å². The molecule has 4 aromatic rings. The third kappa shape index (κ3) is 5.04. The van der Waals surface area contributed by atoms with Crippen LogP contribution in [0.5, 0.6) is 5.75 Å². The number of nitrogens with one attached hydrogen (secondary N) is 2. The molecule has 1 aliphatic heterocycles. The van der Waals surface area contributed by atoms with Crippen molar-refractivity contribution in [1.82, 2.24) is 14.9 Å². The molecule has 1 amide bonds. The molecule has 0 unspecified atom stereocenters. The lowest BCUT2D eigenvalue weighted by Gasteiger charge is -2.29. The molecule has 2 N–H and O–H groups in total. The summed E-state index contributed by atoms with van der Waals surface area (Å²) in [6, 6.07) is 25.2. The highest BCUT2D eigenvalue weighted by Crippen LogP contribution is 2.42. The first-order valence-electron chi connectivity index (χ1n) is 11.8. The Balaban J connectivity index is 1.56. The summed E-state index contributed by atoms with van der Waals surface area (Å²) in [5, 5.41) is 6.92. The van der Waals surface area contributed by atoms with Gasteiger partial charge in [-0.25, -0.2) is 0 Å². The minimum atomic E-state index is -0.210. The third-order valence-corrected chi connectivity index (χ3v) is 6.53. The van der Waals surface area contributed by atoms with E-state index in [1.54, 1.807) is 13.3 Å². The molecule has 1 aliphatic rings. The third-order valence-electron chi connectivity index (χ3n) is 6.22. The zero-order valence-corrected chi connectivity index (χ0v) is 21.3. The fourth-order valence-electron chi connectivity index (χ4n) is 4.60. The SMILES string of the molecule is COCC(=O)Nc1ccc(N2C(=S)N[C@H](c3ccccn3)[C@@H]2c2cccn2-c2cccc(OC)c2)cc1. The van der Waals surface area contributed by atoms with E-state index in [9.17, 15) is 4.79 Å². The van der Waals surface area contributed by atoms with Gasteiger partial charge in [-0.3, -0.25) is 9.78 Å². The van der Waals surface area contributed by atoms with Gasteiger partial charge in [-0.2, -0.15) is 0 Å². The number of anilines is 2. The maximum atomic E-state index is 11.9. The van der Waals surface area contributed by atoms with E-state index in [2.05, 4.69) is 31.2 Å². The van der Waals surface area contributed by atoms with Crippen LogP contribution >= 0.6 is 12.2 Å². The lowest BCUT2D eigenvalue weighted by molar-refractivity contribution is -0.119. The highest BCUT2D eigenvalue weighted by Gasteiger charge is 2.42. The average molecular weight is 514 g/mol. The molecule has 188 valence electrons. The number of carbonyl (C=O) groups is 1. The van der Waals surface area contributed by atoms with E-state index in [1.807, 2.05) is 79.0 Å².